The van der Waals surface area contributed by atoms with Crippen molar-refractivity contribution in [1.82, 2.24) is 0 Å². The molecule has 2 aromatic carbocycles. The van der Waals surface area contributed by atoms with E-state index in [0.717, 1.165) is 16.7 Å². The van der Waals surface area contributed by atoms with Gasteiger partial charge in [-0.1, -0.05) is 61.5 Å². The third-order valence-electron chi connectivity index (χ3n) is 6.93. The minimum atomic E-state index is -1.27. The van der Waals surface area contributed by atoms with E-state index in [-0.39, 0.29) is 11.6 Å². The Morgan fingerprint density at radius 3 is 2.12 bits per heavy atom. The molecule has 3 aliphatic rings. The van der Waals surface area contributed by atoms with E-state index in [1.54, 1.807) is 6.92 Å². The van der Waals surface area contributed by atoms with Crippen LogP contribution < -0.4 is 0 Å². The maximum absolute atomic E-state index is 13.5. The Morgan fingerprint density at radius 2 is 1.46 bits per heavy atom. The molecule has 120 valence electrons. The molecule has 0 heterocycles. The number of carbonyl (C=O) groups excluding carboxylic acids is 2. The molecule has 0 aliphatic heterocycles. The standard InChI is InChI=1S/C21H18O3/c1-19-13-10-6-7-11-14(13)21(12-8-4-3-5-9-12)16(15(22)17(19)23)20(21,2)18(19)24/h3-11,16-17,23H,1-2H3/t16?,17-,19?,20-,21?/m0/s1. The highest BCUT2D eigenvalue weighted by atomic mass is 16.3. The summed E-state index contributed by atoms with van der Waals surface area (Å²) in [5, 5.41) is 10.7. The van der Waals surface area contributed by atoms with Gasteiger partial charge in [-0.25, -0.2) is 0 Å². The topological polar surface area (TPSA) is 54.4 Å². The maximum atomic E-state index is 13.5. The van der Waals surface area contributed by atoms with Crippen molar-refractivity contribution in [2.75, 3.05) is 0 Å². The van der Waals surface area contributed by atoms with E-state index in [9.17, 15) is 14.7 Å². The van der Waals surface area contributed by atoms with Crippen molar-refractivity contribution in [3.05, 3.63) is 71.3 Å². The average Bonchev–Trinajstić information content (AvgIpc) is 3.23. The van der Waals surface area contributed by atoms with Crippen LogP contribution in [-0.2, 0) is 20.4 Å². The first-order valence-electron chi connectivity index (χ1n) is 8.35. The van der Waals surface area contributed by atoms with Crippen LogP contribution in [0.2, 0.25) is 0 Å². The average molecular weight is 318 g/mol. The molecule has 2 aromatic rings. The van der Waals surface area contributed by atoms with Gasteiger partial charge in [0, 0.05) is 11.3 Å². The molecule has 3 heteroatoms. The Balaban J connectivity index is 1.96. The summed E-state index contributed by atoms with van der Waals surface area (Å²) >= 11 is 0. The number of carbonyl (C=O) groups is 2. The predicted molar refractivity (Wildman–Crippen MR) is 88.6 cm³/mol. The molecular formula is C21H18O3. The maximum Gasteiger partial charge on any atom is 0.168 e. The lowest BCUT2D eigenvalue weighted by Gasteiger charge is -2.43. The molecule has 0 amide bonds. The fourth-order valence-corrected chi connectivity index (χ4v) is 5.84. The Kier molecular flexibility index (Phi) is 2.27. The summed E-state index contributed by atoms with van der Waals surface area (Å²) in [5.41, 5.74) is 0.257. The smallest absolute Gasteiger partial charge is 0.168 e. The zero-order chi connectivity index (χ0) is 16.9. The molecule has 0 saturated heterocycles. The van der Waals surface area contributed by atoms with Crippen LogP contribution >= 0.6 is 0 Å². The minimum absolute atomic E-state index is 0.00495. The lowest BCUT2D eigenvalue weighted by molar-refractivity contribution is -0.149. The number of aliphatic hydroxyl groups excluding tert-OH is 1. The zero-order valence-electron chi connectivity index (χ0n) is 13.6. The number of rotatable bonds is 1. The number of hydrogen-bond acceptors (Lipinski definition) is 3. The molecule has 1 N–H and O–H groups in total. The first-order valence-corrected chi connectivity index (χ1v) is 8.35. The molecule has 5 rings (SSSR count). The molecule has 0 spiro atoms. The summed E-state index contributed by atoms with van der Waals surface area (Å²) < 4.78 is 0. The van der Waals surface area contributed by atoms with Crippen LogP contribution in [-0.4, -0.2) is 22.8 Å². The molecule has 2 fully saturated rings. The van der Waals surface area contributed by atoms with E-state index in [0.29, 0.717) is 0 Å². The summed E-state index contributed by atoms with van der Waals surface area (Å²) in [6.07, 6.45) is -1.27. The van der Waals surface area contributed by atoms with Gasteiger partial charge < -0.3 is 5.11 Å². The van der Waals surface area contributed by atoms with Crippen LogP contribution in [0.15, 0.2) is 54.6 Å². The second kappa shape index (κ2) is 3.86. The van der Waals surface area contributed by atoms with E-state index >= 15 is 0 Å². The lowest BCUT2D eigenvalue weighted by atomic mass is 9.58. The monoisotopic (exact) mass is 318 g/mol. The zero-order valence-corrected chi connectivity index (χ0v) is 13.6. The van der Waals surface area contributed by atoms with Gasteiger partial charge in [0.25, 0.3) is 0 Å². The Bertz CT molecular complexity index is 918. The number of hydrogen-bond donors (Lipinski definition) is 1. The largest absolute Gasteiger partial charge is 0.384 e. The van der Waals surface area contributed by atoms with Gasteiger partial charge in [-0.2, -0.15) is 0 Å². The summed E-state index contributed by atoms with van der Waals surface area (Å²) in [6.45, 7) is 3.64. The van der Waals surface area contributed by atoms with Gasteiger partial charge in [-0.15, -0.1) is 0 Å². The van der Waals surface area contributed by atoms with E-state index in [2.05, 4.69) is 0 Å². The van der Waals surface area contributed by atoms with E-state index in [1.165, 1.54) is 0 Å². The highest BCUT2D eigenvalue weighted by Gasteiger charge is 2.89. The quantitative estimate of drug-likeness (QED) is 0.878. The summed E-state index contributed by atoms with van der Waals surface area (Å²) in [7, 11) is 0. The second-order valence-electron chi connectivity index (χ2n) is 7.69. The molecular weight excluding hydrogens is 300 g/mol. The Labute approximate surface area is 140 Å². The molecule has 5 atom stereocenters. The number of Topliss-reactive ketones (excluding diaryl/α,β-unsaturated/α-hetero) is 2. The second-order valence-corrected chi connectivity index (χ2v) is 7.69. The van der Waals surface area contributed by atoms with Crippen LogP contribution in [0.4, 0.5) is 0 Å². The Hall–Kier alpha value is -2.26. The molecule has 3 unspecified atom stereocenters. The number of fused-ring (bicyclic) bond motifs is 5. The van der Waals surface area contributed by atoms with Gasteiger partial charge in [-0.3, -0.25) is 9.59 Å². The van der Waals surface area contributed by atoms with E-state index in [1.807, 2.05) is 61.5 Å². The highest BCUT2D eigenvalue weighted by molar-refractivity contribution is 6.17. The predicted octanol–water partition coefficient (Wildman–Crippen LogP) is 2.39. The van der Waals surface area contributed by atoms with Crippen molar-refractivity contribution in [3.8, 4) is 0 Å². The van der Waals surface area contributed by atoms with E-state index < -0.39 is 28.3 Å². The van der Waals surface area contributed by atoms with Crippen molar-refractivity contribution in [2.24, 2.45) is 11.3 Å². The van der Waals surface area contributed by atoms with Gasteiger partial charge in [0.2, 0.25) is 0 Å². The van der Waals surface area contributed by atoms with Crippen molar-refractivity contribution in [2.45, 2.75) is 30.8 Å². The third kappa shape index (κ3) is 1.09. The van der Waals surface area contributed by atoms with Crippen molar-refractivity contribution < 1.29 is 14.7 Å². The van der Waals surface area contributed by atoms with Crippen LogP contribution in [0.1, 0.15) is 30.5 Å². The van der Waals surface area contributed by atoms with Gasteiger partial charge in [0.15, 0.2) is 11.6 Å². The summed E-state index contributed by atoms with van der Waals surface area (Å²) in [6, 6.07) is 17.6. The molecule has 24 heavy (non-hydrogen) atoms. The molecule has 2 saturated carbocycles. The lowest BCUT2D eigenvalue weighted by Crippen LogP contribution is -2.57. The Morgan fingerprint density at radius 1 is 0.875 bits per heavy atom. The SMILES string of the molecule is CC12C(=O)[C@]3(C)C(C(=O)[C@@H]1O)C3(c1ccccc1)c1ccccc12. The molecule has 3 aliphatic carbocycles. The van der Waals surface area contributed by atoms with E-state index in [4.69, 9.17) is 0 Å². The molecule has 3 nitrogen and oxygen atoms in total. The van der Waals surface area contributed by atoms with Crippen molar-refractivity contribution >= 4 is 11.6 Å². The first-order chi connectivity index (χ1) is 11.4. The van der Waals surface area contributed by atoms with Crippen LogP contribution in [0.5, 0.6) is 0 Å². The normalized spacial score (nSPS) is 41.8. The van der Waals surface area contributed by atoms with Crippen LogP contribution in [0, 0.1) is 11.3 Å². The molecule has 0 radical (unpaired) electrons. The molecule has 0 aromatic heterocycles. The number of ketones is 2. The fourth-order valence-electron chi connectivity index (χ4n) is 5.84. The molecule has 2 bridgehead atoms. The number of aliphatic hydroxyl groups is 1. The third-order valence-corrected chi connectivity index (χ3v) is 6.93. The minimum Gasteiger partial charge on any atom is -0.384 e. The summed E-state index contributed by atoms with van der Waals surface area (Å²) in [5.74, 6) is -0.680. The number of benzene rings is 2. The van der Waals surface area contributed by atoms with Gasteiger partial charge in [0.05, 0.1) is 10.8 Å². The van der Waals surface area contributed by atoms with Gasteiger partial charge >= 0.3 is 0 Å². The summed E-state index contributed by atoms with van der Waals surface area (Å²) in [4.78, 5) is 26.5. The fraction of sp³-hybridized carbons (Fsp3) is 0.333. The van der Waals surface area contributed by atoms with Crippen molar-refractivity contribution in [1.29, 1.82) is 0 Å². The van der Waals surface area contributed by atoms with Crippen LogP contribution in [0.3, 0.4) is 0 Å². The van der Waals surface area contributed by atoms with Gasteiger partial charge in [-0.05, 0) is 23.6 Å². The first kappa shape index (κ1) is 14.1. The van der Waals surface area contributed by atoms with Gasteiger partial charge in [0.1, 0.15) is 6.10 Å². The van der Waals surface area contributed by atoms with Crippen LogP contribution in [0.25, 0.3) is 0 Å². The van der Waals surface area contributed by atoms with Crippen molar-refractivity contribution in [3.63, 3.8) is 0 Å². The highest BCUT2D eigenvalue weighted by Crippen LogP contribution is 2.80.